The van der Waals surface area contributed by atoms with E-state index >= 15 is 0 Å². The summed E-state index contributed by atoms with van der Waals surface area (Å²) in [4.78, 5) is 15.3. The third-order valence-electron chi connectivity index (χ3n) is 3.11. The molecule has 0 bridgehead atoms. The summed E-state index contributed by atoms with van der Waals surface area (Å²) in [5.74, 6) is -1.65. The van der Waals surface area contributed by atoms with Crippen LogP contribution in [0.4, 0.5) is 13.6 Å². The third-order valence-corrected chi connectivity index (χ3v) is 3.11. The first kappa shape index (κ1) is 15.9. The van der Waals surface area contributed by atoms with E-state index in [1.165, 1.54) is 13.8 Å². The summed E-state index contributed by atoms with van der Waals surface area (Å²) in [7, 11) is 0. The summed E-state index contributed by atoms with van der Waals surface area (Å²) in [5, 5.41) is 2.46. The molecule has 0 aliphatic rings. The lowest BCUT2D eigenvalue weighted by molar-refractivity contribution is 0.128. The van der Waals surface area contributed by atoms with Crippen LogP contribution in [0.3, 0.4) is 0 Å². The number of nitrogens with zero attached hydrogens (tertiary/aromatic N) is 1. The van der Waals surface area contributed by atoms with Gasteiger partial charge in [-0.1, -0.05) is 30.3 Å². The number of aromatic nitrogens is 1. The number of nitrogens with one attached hydrogen (secondary N) is 1. The maximum Gasteiger partial charge on any atom is 0.408 e. The number of ether oxygens (including phenoxy) is 1. The van der Waals surface area contributed by atoms with Crippen LogP contribution in [-0.2, 0) is 16.9 Å². The van der Waals surface area contributed by atoms with E-state index in [0.29, 0.717) is 0 Å². The van der Waals surface area contributed by atoms with Crippen LogP contribution in [0.5, 0.6) is 0 Å². The molecule has 0 unspecified atom stereocenters. The van der Waals surface area contributed by atoms with E-state index < -0.39 is 23.3 Å². The van der Waals surface area contributed by atoms with Crippen LogP contribution in [-0.4, -0.2) is 11.1 Å². The molecule has 1 heterocycles. The van der Waals surface area contributed by atoms with Crippen LogP contribution >= 0.6 is 0 Å². The van der Waals surface area contributed by atoms with Crippen molar-refractivity contribution in [3.8, 4) is 0 Å². The first-order valence-corrected chi connectivity index (χ1v) is 6.68. The molecule has 0 aliphatic carbocycles. The fourth-order valence-electron chi connectivity index (χ4n) is 2.09. The Morgan fingerprint density at radius 1 is 1.18 bits per heavy atom. The molecular weight excluding hydrogens is 290 g/mol. The van der Waals surface area contributed by atoms with Crippen molar-refractivity contribution in [2.45, 2.75) is 26.0 Å². The summed E-state index contributed by atoms with van der Waals surface area (Å²) >= 11 is 0. The summed E-state index contributed by atoms with van der Waals surface area (Å²) in [5.41, 5.74) is -0.721. The van der Waals surface area contributed by atoms with E-state index in [1.807, 2.05) is 18.2 Å². The second-order valence-corrected chi connectivity index (χ2v) is 5.29. The average Bonchev–Trinajstić information content (AvgIpc) is 2.45. The number of hydrogen-bond acceptors (Lipinski definition) is 3. The van der Waals surface area contributed by atoms with Crippen molar-refractivity contribution in [3.05, 3.63) is 65.5 Å². The van der Waals surface area contributed by atoms with Crippen LogP contribution in [0.15, 0.2) is 42.7 Å². The van der Waals surface area contributed by atoms with E-state index in [-0.39, 0.29) is 12.2 Å². The van der Waals surface area contributed by atoms with Crippen molar-refractivity contribution in [2.75, 3.05) is 0 Å². The zero-order valence-corrected chi connectivity index (χ0v) is 12.3. The van der Waals surface area contributed by atoms with Gasteiger partial charge >= 0.3 is 6.09 Å². The number of alkyl carbamates (subject to hydrolysis) is 1. The molecular formula is C16H16F2N2O2. The van der Waals surface area contributed by atoms with Gasteiger partial charge in [0.1, 0.15) is 18.2 Å². The number of carbonyl (C=O) groups is 1. The van der Waals surface area contributed by atoms with Crippen LogP contribution < -0.4 is 5.32 Å². The molecule has 116 valence electrons. The SMILES string of the molecule is CC(C)(NC(=O)OCc1ccccc1)c1c(F)cncc1F. The molecule has 0 atom stereocenters. The normalized spacial score (nSPS) is 11.1. The highest BCUT2D eigenvalue weighted by Crippen LogP contribution is 2.25. The zero-order chi connectivity index (χ0) is 16.2. The highest BCUT2D eigenvalue weighted by atomic mass is 19.1. The lowest BCUT2D eigenvalue weighted by atomic mass is 9.94. The molecule has 0 radical (unpaired) electrons. The van der Waals surface area contributed by atoms with Gasteiger partial charge in [-0.05, 0) is 19.4 Å². The molecule has 0 saturated heterocycles. The van der Waals surface area contributed by atoms with E-state index in [9.17, 15) is 13.6 Å². The van der Waals surface area contributed by atoms with E-state index in [2.05, 4.69) is 10.3 Å². The van der Waals surface area contributed by atoms with Gasteiger partial charge in [-0.2, -0.15) is 0 Å². The topological polar surface area (TPSA) is 51.2 Å². The number of benzene rings is 1. The number of halogens is 2. The van der Waals surface area contributed by atoms with Gasteiger partial charge in [-0.25, -0.2) is 13.6 Å². The zero-order valence-electron chi connectivity index (χ0n) is 12.3. The van der Waals surface area contributed by atoms with Gasteiger partial charge in [0.25, 0.3) is 0 Å². The molecule has 0 fully saturated rings. The summed E-state index contributed by atoms with van der Waals surface area (Å²) in [6.45, 7) is 3.04. The maximum atomic E-state index is 13.8. The molecule has 2 aromatic rings. The molecule has 1 N–H and O–H groups in total. The Hall–Kier alpha value is -2.50. The molecule has 2 rings (SSSR count). The molecule has 1 aromatic carbocycles. The van der Waals surface area contributed by atoms with Crippen LogP contribution in [0, 0.1) is 11.6 Å². The highest BCUT2D eigenvalue weighted by molar-refractivity contribution is 5.68. The molecule has 4 nitrogen and oxygen atoms in total. The van der Waals surface area contributed by atoms with Crippen LogP contribution in [0.1, 0.15) is 25.0 Å². The quantitative estimate of drug-likeness (QED) is 0.940. The lowest BCUT2D eigenvalue weighted by Gasteiger charge is -2.26. The van der Waals surface area contributed by atoms with Gasteiger partial charge in [0.2, 0.25) is 0 Å². The van der Waals surface area contributed by atoms with E-state index in [4.69, 9.17) is 4.74 Å². The Balaban J connectivity index is 2.03. The first-order valence-electron chi connectivity index (χ1n) is 6.68. The fraction of sp³-hybridized carbons (Fsp3) is 0.250. The van der Waals surface area contributed by atoms with Gasteiger partial charge < -0.3 is 10.1 Å². The second-order valence-electron chi connectivity index (χ2n) is 5.29. The van der Waals surface area contributed by atoms with E-state index in [0.717, 1.165) is 18.0 Å². The van der Waals surface area contributed by atoms with Gasteiger partial charge in [-0.3, -0.25) is 4.98 Å². The number of hydrogen-bond donors (Lipinski definition) is 1. The highest BCUT2D eigenvalue weighted by Gasteiger charge is 2.30. The molecule has 0 saturated carbocycles. The largest absolute Gasteiger partial charge is 0.445 e. The minimum atomic E-state index is -1.27. The smallest absolute Gasteiger partial charge is 0.408 e. The monoisotopic (exact) mass is 306 g/mol. The van der Waals surface area contributed by atoms with Gasteiger partial charge in [0.15, 0.2) is 0 Å². The van der Waals surface area contributed by atoms with Crippen molar-refractivity contribution in [1.82, 2.24) is 10.3 Å². The molecule has 6 heteroatoms. The van der Waals surface area contributed by atoms with Crippen LogP contribution in [0.2, 0.25) is 0 Å². The van der Waals surface area contributed by atoms with Gasteiger partial charge in [0, 0.05) is 0 Å². The standard InChI is InChI=1S/C16H16F2N2O2/c1-16(2,14-12(17)8-19-9-13(14)18)20-15(21)22-10-11-6-4-3-5-7-11/h3-9H,10H2,1-2H3,(H,20,21). The lowest BCUT2D eigenvalue weighted by Crippen LogP contribution is -2.42. The summed E-state index contributed by atoms with van der Waals surface area (Å²) in [6.07, 6.45) is 1.04. The van der Waals surface area contributed by atoms with Crippen molar-refractivity contribution < 1.29 is 18.3 Å². The Bertz CT molecular complexity index is 640. The van der Waals surface area contributed by atoms with Crippen molar-refractivity contribution in [3.63, 3.8) is 0 Å². The van der Waals surface area contributed by atoms with Gasteiger partial charge in [0.05, 0.1) is 23.5 Å². The molecule has 0 aliphatic heterocycles. The first-order chi connectivity index (χ1) is 10.4. The predicted molar refractivity (Wildman–Crippen MR) is 76.9 cm³/mol. The second kappa shape index (κ2) is 6.51. The maximum absolute atomic E-state index is 13.8. The Kier molecular flexibility index (Phi) is 4.70. The number of carbonyl (C=O) groups excluding carboxylic acids is 1. The Morgan fingerprint density at radius 3 is 2.36 bits per heavy atom. The van der Waals surface area contributed by atoms with Crippen molar-refractivity contribution >= 4 is 6.09 Å². The number of pyridine rings is 1. The molecule has 22 heavy (non-hydrogen) atoms. The number of amides is 1. The van der Waals surface area contributed by atoms with E-state index in [1.54, 1.807) is 12.1 Å². The summed E-state index contributed by atoms with van der Waals surface area (Å²) < 4.78 is 32.6. The molecule has 0 spiro atoms. The molecule has 1 aromatic heterocycles. The summed E-state index contributed by atoms with van der Waals surface area (Å²) in [6, 6.07) is 9.10. The predicted octanol–water partition coefficient (Wildman–Crippen LogP) is 3.52. The minimum absolute atomic E-state index is 0.0735. The average molecular weight is 306 g/mol. The molecule has 1 amide bonds. The van der Waals surface area contributed by atoms with Crippen molar-refractivity contribution in [1.29, 1.82) is 0 Å². The third kappa shape index (κ3) is 3.78. The minimum Gasteiger partial charge on any atom is -0.445 e. The fourth-order valence-corrected chi connectivity index (χ4v) is 2.09. The van der Waals surface area contributed by atoms with Gasteiger partial charge in [-0.15, -0.1) is 0 Å². The number of rotatable bonds is 4. The van der Waals surface area contributed by atoms with Crippen LogP contribution in [0.25, 0.3) is 0 Å². The Labute approximate surface area is 127 Å². The van der Waals surface area contributed by atoms with Crippen molar-refractivity contribution in [2.24, 2.45) is 0 Å². The Morgan fingerprint density at radius 2 is 1.77 bits per heavy atom.